The average molecular weight is 487 g/mol. The maximum atomic E-state index is 13.3. The molecule has 1 saturated heterocycles. The van der Waals surface area contributed by atoms with Crippen molar-refractivity contribution in [2.45, 2.75) is 76.5 Å². The van der Waals surface area contributed by atoms with Crippen LogP contribution >= 0.6 is 0 Å². The number of nitrogens with one attached hydrogen (secondary N) is 3. The van der Waals surface area contributed by atoms with Crippen LogP contribution in [0.25, 0.3) is 0 Å². The van der Waals surface area contributed by atoms with Gasteiger partial charge in [0.2, 0.25) is 5.91 Å². The molecule has 0 bridgehead atoms. The number of rotatable bonds is 6. The van der Waals surface area contributed by atoms with Crippen LogP contribution in [0, 0.1) is 5.92 Å². The highest BCUT2D eigenvalue weighted by molar-refractivity contribution is 5.99. The van der Waals surface area contributed by atoms with Crippen molar-refractivity contribution in [1.29, 1.82) is 0 Å². The Kier molecular flexibility index (Phi) is 8.49. The lowest BCUT2D eigenvalue weighted by molar-refractivity contribution is -0.134. The van der Waals surface area contributed by atoms with Crippen LogP contribution in [-0.4, -0.2) is 67.7 Å². The maximum absolute atomic E-state index is 13.3. The van der Waals surface area contributed by atoms with E-state index in [1.165, 1.54) is 32.1 Å². The zero-order chi connectivity index (χ0) is 24.8. The first-order valence-corrected chi connectivity index (χ1v) is 13.0. The third kappa shape index (κ3) is 6.45. The Morgan fingerprint density at radius 1 is 1.09 bits per heavy atom. The smallest absolute Gasteiger partial charge is 0.319 e. The van der Waals surface area contributed by atoms with Crippen LogP contribution in [0.15, 0.2) is 18.2 Å². The Labute approximate surface area is 207 Å². The molecule has 2 fully saturated rings. The molecule has 3 aliphatic rings. The number of anilines is 1. The van der Waals surface area contributed by atoms with Crippen molar-refractivity contribution in [2.75, 3.05) is 32.1 Å². The summed E-state index contributed by atoms with van der Waals surface area (Å²) in [7, 11) is 1.78. The van der Waals surface area contributed by atoms with Crippen molar-refractivity contribution in [3.63, 3.8) is 0 Å². The maximum Gasteiger partial charge on any atom is 0.319 e. The van der Waals surface area contributed by atoms with Crippen LogP contribution in [0.4, 0.5) is 10.5 Å². The van der Waals surface area contributed by atoms with E-state index >= 15 is 0 Å². The van der Waals surface area contributed by atoms with Gasteiger partial charge in [-0.05, 0) is 56.7 Å². The number of likely N-dealkylation sites (N-methyl/N-ethyl adjacent to an activating group) is 1. The quantitative estimate of drug-likeness (QED) is 0.572. The molecule has 2 aliphatic heterocycles. The fourth-order valence-electron chi connectivity index (χ4n) is 5.37. The van der Waals surface area contributed by atoms with Gasteiger partial charge in [0.05, 0.1) is 24.1 Å². The van der Waals surface area contributed by atoms with Gasteiger partial charge in [0.15, 0.2) is 0 Å². The summed E-state index contributed by atoms with van der Waals surface area (Å²) in [5, 5.41) is 8.51. The van der Waals surface area contributed by atoms with Gasteiger partial charge in [-0.2, -0.15) is 0 Å². The molecule has 4 rings (SSSR count). The van der Waals surface area contributed by atoms with Crippen molar-refractivity contribution in [3.8, 4) is 5.75 Å². The molecule has 192 valence electrons. The van der Waals surface area contributed by atoms with Crippen LogP contribution in [0.1, 0.15) is 68.6 Å². The number of nitrogens with zero attached hydrogens (tertiary/aromatic N) is 1. The molecule has 4 amide bonds. The minimum Gasteiger partial charge on any atom is -0.490 e. The van der Waals surface area contributed by atoms with Crippen LogP contribution in [0.3, 0.4) is 0 Å². The fraction of sp³-hybridized carbons (Fsp3) is 0.654. The van der Waals surface area contributed by atoms with Gasteiger partial charge in [0.25, 0.3) is 5.91 Å². The van der Waals surface area contributed by atoms with E-state index in [9.17, 15) is 14.4 Å². The van der Waals surface area contributed by atoms with E-state index in [0.29, 0.717) is 48.9 Å². The third-order valence-electron chi connectivity index (χ3n) is 7.33. The first-order chi connectivity index (χ1) is 16.9. The Morgan fingerprint density at radius 3 is 2.66 bits per heavy atom. The molecule has 0 spiro atoms. The minimum absolute atomic E-state index is 0.0349. The van der Waals surface area contributed by atoms with E-state index in [-0.39, 0.29) is 36.1 Å². The second-order valence-electron chi connectivity index (χ2n) is 9.88. The normalized spacial score (nSPS) is 24.8. The Hall–Kier alpha value is -2.81. The second kappa shape index (κ2) is 11.7. The molecule has 0 aromatic heterocycles. The Bertz CT molecular complexity index is 917. The first-order valence-electron chi connectivity index (χ1n) is 13.0. The third-order valence-corrected chi connectivity index (χ3v) is 7.33. The van der Waals surface area contributed by atoms with Crippen molar-refractivity contribution < 1.29 is 23.9 Å². The summed E-state index contributed by atoms with van der Waals surface area (Å²) in [5.41, 5.74) is 0.931. The van der Waals surface area contributed by atoms with E-state index in [1.807, 2.05) is 6.92 Å². The molecule has 3 N–H and O–H groups in total. The second-order valence-corrected chi connectivity index (χ2v) is 9.88. The van der Waals surface area contributed by atoms with Crippen molar-refractivity contribution >= 4 is 23.5 Å². The van der Waals surface area contributed by atoms with E-state index < -0.39 is 0 Å². The number of fused-ring (bicyclic) bond motifs is 2. The molecule has 1 saturated carbocycles. The van der Waals surface area contributed by atoms with Crippen LogP contribution in [0.2, 0.25) is 0 Å². The number of benzene rings is 1. The molecule has 3 atom stereocenters. The lowest BCUT2D eigenvalue weighted by atomic mass is 9.89. The first kappa shape index (κ1) is 25.3. The fourth-order valence-corrected chi connectivity index (χ4v) is 5.37. The minimum atomic E-state index is -0.324. The SMILES string of the molecule is CCNC(=O)Nc1ccc2c(c1)C(=O)N(C)[C@@H]1CC[C@H](CC(=O)NCC3CCCCC3)O[C@@H]1CO2. The van der Waals surface area contributed by atoms with Gasteiger partial charge in [0.1, 0.15) is 18.5 Å². The number of amides is 4. The Morgan fingerprint density at radius 2 is 1.89 bits per heavy atom. The van der Waals surface area contributed by atoms with Gasteiger partial charge in [-0.3, -0.25) is 9.59 Å². The monoisotopic (exact) mass is 486 g/mol. The molecule has 0 radical (unpaired) electrons. The number of carbonyl (C=O) groups excluding carboxylic acids is 3. The lowest BCUT2D eigenvalue weighted by Crippen LogP contribution is -2.54. The predicted molar refractivity (Wildman–Crippen MR) is 133 cm³/mol. The van der Waals surface area contributed by atoms with E-state index in [4.69, 9.17) is 9.47 Å². The lowest BCUT2D eigenvalue weighted by Gasteiger charge is -2.42. The van der Waals surface area contributed by atoms with Gasteiger partial charge in [-0.15, -0.1) is 0 Å². The summed E-state index contributed by atoms with van der Waals surface area (Å²) in [6.45, 7) is 3.39. The van der Waals surface area contributed by atoms with Crippen molar-refractivity contribution in [2.24, 2.45) is 5.92 Å². The van der Waals surface area contributed by atoms with Crippen LogP contribution in [-0.2, 0) is 9.53 Å². The summed E-state index contributed by atoms with van der Waals surface area (Å²) < 4.78 is 12.3. The highest BCUT2D eigenvalue weighted by atomic mass is 16.5. The van der Waals surface area contributed by atoms with Crippen molar-refractivity contribution in [3.05, 3.63) is 23.8 Å². The highest BCUT2D eigenvalue weighted by Crippen LogP contribution is 2.32. The summed E-state index contributed by atoms with van der Waals surface area (Å²) in [4.78, 5) is 39.4. The summed E-state index contributed by atoms with van der Waals surface area (Å²) in [6.07, 6.45) is 7.52. The predicted octanol–water partition coefficient (Wildman–Crippen LogP) is 3.30. The van der Waals surface area contributed by atoms with E-state index in [0.717, 1.165) is 13.0 Å². The number of carbonyl (C=O) groups is 3. The molecule has 1 aromatic carbocycles. The summed E-state index contributed by atoms with van der Waals surface area (Å²) in [5.74, 6) is 0.909. The molecule has 2 heterocycles. The zero-order valence-electron chi connectivity index (χ0n) is 20.8. The number of urea groups is 1. The molecule has 1 aliphatic carbocycles. The van der Waals surface area contributed by atoms with Gasteiger partial charge >= 0.3 is 6.03 Å². The number of hydrogen-bond donors (Lipinski definition) is 3. The van der Waals surface area contributed by atoms with Crippen molar-refractivity contribution in [1.82, 2.24) is 15.5 Å². The molecule has 35 heavy (non-hydrogen) atoms. The molecular formula is C26H38N4O5. The van der Waals surface area contributed by atoms with Gasteiger partial charge < -0.3 is 30.3 Å². The van der Waals surface area contributed by atoms with E-state index in [2.05, 4.69) is 16.0 Å². The molecule has 9 nitrogen and oxygen atoms in total. The molecular weight excluding hydrogens is 448 g/mol. The standard InChI is InChI=1S/C26H38N4O5/c1-3-27-26(33)29-18-9-12-22-20(13-18)25(32)30(2)21-11-10-19(35-23(21)16-34-22)14-24(31)28-15-17-7-5-4-6-8-17/h9,12-13,17,19,21,23H,3-8,10-11,14-16H2,1-2H3,(H,28,31)(H2,27,29,33)/t19-,21-,23-/m1/s1. The van der Waals surface area contributed by atoms with Crippen LogP contribution in [0.5, 0.6) is 5.75 Å². The Balaban J connectivity index is 1.35. The molecule has 0 unspecified atom stereocenters. The number of hydrogen-bond acceptors (Lipinski definition) is 5. The highest BCUT2D eigenvalue weighted by Gasteiger charge is 2.39. The van der Waals surface area contributed by atoms with Crippen LogP contribution < -0.4 is 20.7 Å². The molecule has 9 heteroatoms. The van der Waals surface area contributed by atoms with E-state index in [1.54, 1.807) is 30.1 Å². The topological polar surface area (TPSA) is 109 Å². The molecule has 1 aromatic rings. The van der Waals surface area contributed by atoms with Gasteiger partial charge in [-0.25, -0.2) is 4.79 Å². The summed E-state index contributed by atoms with van der Waals surface area (Å²) in [6, 6.07) is 4.59. The number of ether oxygens (including phenoxy) is 2. The zero-order valence-corrected chi connectivity index (χ0v) is 20.8. The average Bonchev–Trinajstić information content (AvgIpc) is 2.86. The van der Waals surface area contributed by atoms with Gasteiger partial charge in [-0.1, -0.05) is 19.3 Å². The summed E-state index contributed by atoms with van der Waals surface area (Å²) >= 11 is 0. The largest absolute Gasteiger partial charge is 0.490 e. The van der Waals surface area contributed by atoms with Gasteiger partial charge in [0, 0.05) is 25.8 Å².